The van der Waals surface area contributed by atoms with E-state index in [1.165, 1.54) is 0 Å². The van der Waals surface area contributed by atoms with Crippen LogP contribution < -0.4 is 10.6 Å². The fourth-order valence-corrected chi connectivity index (χ4v) is 3.66. The summed E-state index contributed by atoms with van der Waals surface area (Å²) in [5.74, 6) is -3.76. The minimum atomic E-state index is -1.12. The van der Waals surface area contributed by atoms with Crippen molar-refractivity contribution in [2.24, 2.45) is 5.73 Å². The van der Waals surface area contributed by atoms with E-state index in [4.69, 9.17) is 22.1 Å². The van der Waals surface area contributed by atoms with Gasteiger partial charge in [0.1, 0.15) is 5.82 Å². The van der Waals surface area contributed by atoms with Crippen molar-refractivity contribution in [2.45, 2.75) is 6.92 Å². The van der Waals surface area contributed by atoms with Gasteiger partial charge in [-0.25, -0.2) is 23.7 Å². The van der Waals surface area contributed by atoms with Crippen LogP contribution in [0.4, 0.5) is 14.9 Å². The van der Waals surface area contributed by atoms with E-state index in [0.717, 1.165) is 35.6 Å². The quantitative estimate of drug-likeness (QED) is 0.411. The summed E-state index contributed by atoms with van der Waals surface area (Å²) in [4.78, 5) is 49.6. The number of fused-ring (bicyclic) bond motifs is 1. The zero-order valence-electron chi connectivity index (χ0n) is 15.9. The van der Waals surface area contributed by atoms with E-state index >= 15 is 0 Å². The van der Waals surface area contributed by atoms with Crippen molar-refractivity contribution in [2.75, 3.05) is 11.5 Å². The maximum absolute atomic E-state index is 14.2. The Bertz CT molecular complexity index is 1140. The molecule has 1 aromatic carbocycles. The SMILES string of the molecule is CCOC(=O)/C=C/C(=O)O/C(=C1\C(=O)N(C(N)=O)c2cc(Cl)c(F)cc21)c1cccs1. The number of hydrogen-bond acceptors (Lipinski definition) is 7. The number of nitrogens with two attached hydrogens (primary N) is 1. The molecule has 1 aromatic heterocycles. The third-order valence-electron chi connectivity index (χ3n) is 4.00. The molecular formula is C20H14ClFN2O6S. The lowest BCUT2D eigenvalue weighted by molar-refractivity contribution is -0.138. The highest BCUT2D eigenvalue weighted by Gasteiger charge is 2.40. The molecule has 0 radical (unpaired) electrons. The fourth-order valence-electron chi connectivity index (χ4n) is 2.79. The van der Waals surface area contributed by atoms with Crippen molar-refractivity contribution < 1.29 is 33.0 Å². The predicted molar refractivity (Wildman–Crippen MR) is 111 cm³/mol. The van der Waals surface area contributed by atoms with Gasteiger partial charge in [-0.2, -0.15) is 0 Å². The molecule has 0 bridgehead atoms. The molecule has 11 heteroatoms. The molecule has 1 aliphatic rings. The van der Waals surface area contributed by atoms with E-state index < -0.39 is 29.7 Å². The Hall–Kier alpha value is -3.50. The van der Waals surface area contributed by atoms with Crippen molar-refractivity contribution >= 4 is 63.8 Å². The number of esters is 2. The molecule has 1 aliphatic heterocycles. The number of thiophene rings is 1. The minimum Gasteiger partial charge on any atom is -0.463 e. The van der Waals surface area contributed by atoms with Crippen LogP contribution >= 0.6 is 22.9 Å². The van der Waals surface area contributed by atoms with Crippen molar-refractivity contribution in [3.05, 3.63) is 63.1 Å². The number of carbonyl (C=O) groups is 4. The van der Waals surface area contributed by atoms with Gasteiger partial charge in [0.05, 0.1) is 27.8 Å². The molecule has 0 saturated heterocycles. The van der Waals surface area contributed by atoms with Crippen LogP contribution in [-0.4, -0.2) is 30.5 Å². The maximum Gasteiger partial charge on any atom is 0.336 e. The molecule has 2 aromatic rings. The molecule has 160 valence electrons. The lowest BCUT2D eigenvalue weighted by atomic mass is 10.0. The Balaban J connectivity index is 2.14. The van der Waals surface area contributed by atoms with Gasteiger partial charge in [-0.05, 0) is 30.5 Å². The molecule has 31 heavy (non-hydrogen) atoms. The van der Waals surface area contributed by atoms with E-state index in [0.29, 0.717) is 9.78 Å². The van der Waals surface area contributed by atoms with Gasteiger partial charge >= 0.3 is 18.0 Å². The van der Waals surface area contributed by atoms with Gasteiger partial charge in [0.25, 0.3) is 5.91 Å². The van der Waals surface area contributed by atoms with Gasteiger partial charge in [0.2, 0.25) is 0 Å². The van der Waals surface area contributed by atoms with Crippen molar-refractivity contribution in [1.29, 1.82) is 0 Å². The molecule has 2 heterocycles. The zero-order valence-corrected chi connectivity index (χ0v) is 17.5. The Morgan fingerprint density at radius 1 is 1.26 bits per heavy atom. The van der Waals surface area contributed by atoms with Crippen LogP contribution in [0.2, 0.25) is 5.02 Å². The molecular weight excluding hydrogens is 451 g/mol. The van der Waals surface area contributed by atoms with Gasteiger partial charge in [-0.15, -0.1) is 11.3 Å². The lowest BCUT2D eigenvalue weighted by Gasteiger charge is -2.12. The van der Waals surface area contributed by atoms with Crippen LogP contribution in [0, 0.1) is 5.82 Å². The average molecular weight is 465 g/mol. The smallest absolute Gasteiger partial charge is 0.336 e. The van der Waals surface area contributed by atoms with Gasteiger partial charge in [-0.3, -0.25) is 4.79 Å². The van der Waals surface area contributed by atoms with Gasteiger partial charge in [-0.1, -0.05) is 17.7 Å². The second kappa shape index (κ2) is 9.11. The molecule has 0 fully saturated rings. The minimum absolute atomic E-state index is 0.0312. The summed E-state index contributed by atoms with van der Waals surface area (Å²) in [5.41, 5.74) is 4.98. The van der Waals surface area contributed by atoms with Crippen LogP contribution in [0.1, 0.15) is 17.4 Å². The molecule has 3 amide bonds. The number of anilines is 1. The van der Waals surface area contributed by atoms with Crippen LogP contribution in [0.5, 0.6) is 0 Å². The van der Waals surface area contributed by atoms with Crippen molar-refractivity contribution in [3.63, 3.8) is 0 Å². The molecule has 0 atom stereocenters. The molecule has 0 unspecified atom stereocenters. The molecule has 8 nitrogen and oxygen atoms in total. The first-order valence-electron chi connectivity index (χ1n) is 8.72. The number of benzene rings is 1. The van der Waals surface area contributed by atoms with Crippen LogP contribution in [0.15, 0.2) is 41.8 Å². The normalized spacial score (nSPS) is 14.5. The number of halogens is 2. The van der Waals surface area contributed by atoms with E-state index in [-0.39, 0.29) is 34.2 Å². The van der Waals surface area contributed by atoms with Crippen LogP contribution in [0.3, 0.4) is 0 Å². The lowest BCUT2D eigenvalue weighted by Crippen LogP contribution is -2.38. The van der Waals surface area contributed by atoms with Gasteiger partial charge in [0, 0.05) is 17.7 Å². The number of rotatable bonds is 5. The fraction of sp³-hybridized carbons (Fsp3) is 0.100. The largest absolute Gasteiger partial charge is 0.463 e. The summed E-state index contributed by atoms with van der Waals surface area (Å²) in [7, 11) is 0. The summed E-state index contributed by atoms with van der Waals surface area (Å²) >= 11 is 6.93. The summed E-state index contributed by atoms with van der Waals surface area (Å²) in [6.07, 6.45) is 1.68. The first-order valence-corrected chi connectivity index (χ1v) is 9.98. The Labute approximate surface area is 184 Å². The number of carbonyl (C=O) groups excluding carboxylic acids is 4. The number of amides is 3. The summed E-state index contributed by atoms with van der Waals surface area (Å²) in [5, 5.41) is 1.33. The number of urea groups is 1. The molecule has 2 N–H and O–H groups in total. The highest BCUT2D eigenvalue weighted by molar-refractivity contribution is 7.11. The van der Waals surface area contributed by atoms with Gasteiger partial charge < -0.3 is 15.2 Å². The van der Waals surface area contributed by atoms with Crippen LogP contribution in [-0.2, 0) is 23.9 Å². The first-order chi connectivity index (χ1) is 14.7. The first kappa shape index (κ1) is 22.2. The Morgan fingerprint density at radius 3 is 2.58 bits per heavy atom. The number of ether oxygens (including phenoxy) is 2. The highest BCUT2D eigenvalue weighted by Crippen LogP contribution is 2.43. The molecule has 0 saturated carbocycles. The number of imide groups is 1. The van der Waals surface area contributed by atoms with E-state index in [2.05, 4.69) is 4.74 Å². The molecule has 0 spiro atoms. The topological polar surface area (TPSA) is 116 Å². The summed E-state index contributed by atoms with van der Waals surface area (Å²) in [6.45, 7) is 1.72. The van der Waals surface area contributed by atoms with Crippen LogP contribution in [0.25, 0.3) is 11.3 Å². The third kappa shape index (κ3) is 4.49. The van der Waals surface area contributed by atoms with Crippen molar-refractivity contribution in [3.8, 4) is 0 Å². The number of nitrogens with zero attached hydrogens (tertiary/aromatic N) is 1. The van der Waals surface area contributed by atoms with E-state index in [1.54, 1.807) is 24.4 Å². The Morgan fingerprint density at radius 2 is 1.97 bits per heavy atom. The third-order valence-corrected chi connectivity index (χ3v) is 5.16. The summed E-state index contributed by atoms with van der Waals surface area (Å²) in [6, 6.07) is 4.10. The molecule has 0 aliphatic carbocycles. The summed E-state index contributed by atoms with van der Waals surface area (Å²) < 4.78 is 24.2. The van der Waals surface area contributed by atoms with Gasteiger partial charge in [0.15, 0.2) is 5.76 Å². The van der Waals surface area contributed by atoms with Crippen molar-refractivity contribution in [1.82, 2.24) is 0 Å². The Kier molecular flexibility index (Phi) is 6.52. The second-order valence-electron chi connectivity index (χ2n) is 5.95. The predicted octanol–water partition coefficient (Wildman–Crippen LogP) is 3.50. The average Bonchev–Trinajstić information content (AvgIpc) is 3.32. The monoisotopic (exact) mass is 464 g/mol. The number of hydrogen-bond donors (Lipinski definition) is 1. The molecule has 3 rings (SSSR count). The highest BCUT2D eigenvalue weighted by atomic mass is 35.5. The number of primary amides is 1. The maximum atomic E-state index is 14.2. The standard InChI is InChI=1S/C20H14ClFN2O6S/c1-2-29-15(25)5-6-16(26)30-18(14-4-3-7-31-14)17-10-8-12(22)11(21)9-13(10)24(19(17)27)20(23)28/h3-9H,2H2,1H3,(H2,23,28)/b6-5+,18-17-. The van der Waals surface area contributed by atoms with E-state index in [9.17, 15) is 23.6 Å². The second-order valence-corrected chi connectivity index (χ2v) is 7.31. The van der Waals surface area contributed by atoms with E-state index in [1.807, 2.05) is 0 Å². The zero-order chi connectivity index (χ0) is 22.7.